The fourth-order valence-electron chi connectivity index (χ4n) is 5.20. The maximum Gasteiger partial charge on any atom is 0.308 e. The number of aliphatic hydroxyl groups is 2. The highest BCUT2D eigenvalue weighted by atomic mass is 19.1. The van der Waals surface area contributed by atoms with Crippen molar-refractivity contribution in [2.24, 2.45) is 0 Å². The number of hydrogen-bond acceptors (Lipinski definition) is 6. The Morgan fingerprint density at radius 2 is 1.60 bits per heavy atom. The molecule has 4 rings (SSSR count). The summed E-state index contributed by atoms with van der Waals surface area (Å²) >= 11 is 0. The average molecular weight is 574 g/mol. The van der Waals surface area contributed by atoms with Gasteiger partial charge in [-0.2, -0.15) is 0 Å². The summed E-state index contributed by atoms with van der Waals surface area (Å²) in [6.07, 6.45) is -0.0190. The molecule has 220 valence electrons. The molecule has 0 saturated carbocycles. The minimum absolute atomic E-state index is 0.0120. The number of nitrogens with zero attached hydrogens (tertiary/aromatic N) is 2. The van der Waals surface area contributed by atoms with Gasteiger partial charge in [-0.05, 0) is 68.5 Å². The number of esters is 1. The van der Waals surface area contributed by atoms with E-state index in [1.54, 1.807) is 36.5 Å². The highest BCUT2D eigenvalue weighted by Crippen LogP contribution is 2.42. The first-order valence-electron chi connectivity index (χ1n) is 13.9. The standard InChI is InChI=1S/C33H36FN3O5/c1-21(2)37-27(17-16-25(38)19-26(39)20-29(40)42-3)30(23-12-14-24(34)15-13-23)31(22-9-5-4-6-10-22)32(37)33(41)36-28-11-7-8-18-35-28/h4-15,18,21,25-26,38-39H,16-17,19-20H2,1-3H3,(H,35,36,41)/t25-,26-/m1/s1. The molecule has 2 aromatic heterocycles. The number of anilines is 1. The third-order valence-electron chi connectivity index (χ3n) is 7.03. The Morgan fingerprint density at radius 3 is 2.21 bits per heavy atom. The Hall–Kier alpha value is -4.34. The van der Waals surface area contributed by atoms with Crippen molar-refractivity contribution in [3.63, 3.8) is 0 Å². The largest absolute Gasteiger partial charge is 0.469 e. The van der Waals surface area contributed by atoms with E-state index in [1.165, 1.54) is 19.2 Å². The van der Waals surface area contributed by atoms with Crippen molar-refractivity contribution in [2.75, 3.05) is 12.4 Å². The fraction of sp³-hybridized carbons (Fsp3) is 0.303. The van der Waals surface area contributed by atoms with Crippen molar-refractivity contribution < 1.29 is 28.9 Å². The van der Waals surface area contributed by atoms with E-state index in [9.17, 15) is 24.2 Å². The maximum absolute atomic E-state index is 14.0. The van der Waals surface area contributed by atoms with Gasteiger partial charge in [-0.3, -0.25) is 9.59 Å². The van der Waals surface area contributed by atoms with Gasteiger partial charge in [0.15, 0.2) is 0 Å². The Kier molecular flexibility index (Phi) is 10.2. The molecule has 0 saturated heterocycles. The van der Waals surface area contributed by atoms with Crippen LogP contribution in [0.2, 0.25) is 0 Å². The number of pyridine rings is 1. The number of nitrogens with one attached hydrogen (secondary N) is 1. The van der Waals surface area contributed by atoms with Gasteiger partial charge < -0.3 is 24.8 Å². The number of amides is 1. The molecule has 0 unspecified atom stereocenters. The molecule has 0 spiro atoms. The summed E-state index contributed by atoms with van der Waals surface area (Å²) in [5.74, 6) is -0.895. The highest BCUT2D eigenvalue weighted by molar-refractivity contribution is 6.10. The monoisotopic (exact) mass is 573 g/mol. The van der Waals surface area contributed by atoms with Gasteiger partial charge in [0.05, 0.1) is 25.7 Å². The number of carbonyl (C=O) groups excluding carboxylic acids is 2. The van der Waals surface area contributed by atoms with Gasteiger partial charge in [0.2, 0.25) is 0 Å². The van der Waals surface area contributed by atoms with Gasteiger partial charge in [-0.15, -0.1) is 0 Å². The molecule has 0 aliphatic rings. The number of methoxy groups -OCH3 is 1. The Bertz CT molecular complexity index is 1490. The van der Waals surface area contributed by atoms with Crippen LogP contribution >= 0.6 is 0 Å². The van der Waals surface area contributed by atoms with E-state index in [-0.39, 0.29) is 37.0 Å². The predicted molar refractivity (Wildman–Crippen MR) is 159 cm³/mol. The zero-order valence-corrected chi connectivity index (χ0v) is 24.0. The minimum atomic E-state index is -1.06. The molecule has 0 aliphatic heterocycles. The summed E-state index contributed by atoms with van der Waals surface area (Å²) in [4.78, 5) is 29.9. The third kappa shape index (κ3) is 7.29. The number of benzene rings is 2. The van der Waals surface area contributed by atoms with E-state index in [1.807, 2.05) is 48.7 Å². The van der Waals surface area contributed by atoms with Crippen LogP contribution in [0.15, 0.2) is 79.0 Å². The summed E-state index contributed by atoms with van der Waals surface area (Å²) in [5, 5.41) is 24.0. The molecule has 4 aromatic rings. The van der Waals surface area contributed by atoms with Crippen molar-refractivity contribution in [1.29, 1.82) is 0 Å². The van der Waals surface area contributed by atoms with Crippen LogP contribution < -0.4 is 5.32 Å². The summed E-state index contributed by atoms with van der Waals surface area (Å²) in [6.45, 7) is 3.95. The molecule has 0 aliphatic carbocycles. The van der Waals surface area contributed by atoms with Gasteiger partial charge >= 0.3 is 5.97 Å². The van der Waals surface area contributed by atoms with Crippen molar-refractivity contribution in [2.45, 2.75) is 57.8 Å². The molecule has 0 fully saturated rings. The number of rotatable bonds is 12. The van der Waals surface area contributed by atoms with Crippen molar-refractivity contribution in [1.82, 2.24) is 9.55 Å². The molecule has 8 nitrogen and oxygen atoms in total. The lowest BCUT2D eigenvalue weighted by atomic mass is 9.92. The second kappa shape index (κ2) is 14.0. The Balaban J connectivity index is 1.86. The predicted octanol–water partition coefficient (Wildman–Crippen LogP) is 5.80. The van der Waals surface area contributed by atoms with E-state index in [0.717, 1.165) is 22.4 Å². The number of aliphatic hydroxyl groups excluding tert-OH is 2. The first-order valence-corrected chi connectivity index (χ1v) is 13.9. The molecule has 1 amide bonds. The normalized spacial score (nSPS) is 12.6. The summed E-state index contributed by atoms with van der Waals surface area (Å²) in [7, 11) is 1.24. The minimum Gasteiger partial charge on any atom is -0.469 e. The average Bonchev–Trinajstić information content (AvgIpc) is 3.33. The van der Waals surface area contributed by atoms with Crippen LogP contribution in [0.5, 0.6) is 0 Å². The second-order valence-corrected chi connectivity index (χ2v) is 10.4. The molecule has 42 heavy (non-hydrogen) atoms. The van der Waals surface area contributed by atoms with Crippen LogP contribution in [0, 0.1) is 5.82 Å². The molecular weight excluding hydrogens is 537 g/mol. The van der Waals surface area contributed by atoms with E-state index < -0.39 is 18.2 Å². The van der Waals surface area contributed by atoms with Crippen molar-refractivity contribution in [3.8, 4) is 22.3 Å². The number of hydrogen-bond donors (Lipinski definition) is 3. The quantitative estimate of drug-likeness (QED) is 0.185. The first kappa shape index (κ1) is 30.6. The van der Waals surface area contributed by atoms with E-state index in [2.05, 4.69) is 15.0 Å². The summed E-state index contributed by atoms with van der Waals surface area (Å²) < 4.78 is 20.6. The second-order valence-electron chi connectivity index (χ2n) is 10.4. The zero-order chi connectivity index (χ0) is 30.2. The van der Waals surface area contributed by atoms with Crippen LogP contribution in [0.3, 0.4) is 0 Å². The number of carbonyl (C=O) groups is 2. The molecule has 9 heteroatoms. The van der Waals surface area contributed by atoms with Gasteiger partial charge in [0, 0.05) is 29.1 Å². The zero-order valence-electron chi connectivity index (χ0n) is 24.0. The molecule has 2 heterocycles. The Labute approximate surface area is 244 Å². The molecule has 0 radical (unpaired) electrons. The molecule has 3 N–H and O–H groups in total. The smallest absolute Gasteiger partial charge is 0.308 e. The molecular formula is C33H36FN3O5. The summed E-state index contributed by atoms with van der Waals surface area (Å²) in [6, 6.07) is 20.7. The van der Waals surface area contributed by atoms with Gasteiger partial charge in [0.25, 0.3) is 5.91 Å². The van der Waals surface area contributed by atoms with Gasteiger partial charge in [0.1, 0.15) is 17.3 Å². The highest BCUT2D eigenvalue weighted by Gasteiger charge is 2.30. The van der Waals surface area contributed by atoms with E-state index in [4.69, 9.17) is 0 Å². The lowest BCUT2D eigenvalue weighted by Gasteiger charge is -2.20. The van der Waals surface area contributed by atoms with Gasteiger partial charge in [-0.25, -0.2) is 9.37 Å². The Morgan fingerprint density at radius 1 is 0.929 bits per heavy atom. The van der Waals surface area contributed by atoms with Crippen molar-refractivity contribution in [3.05, 3.63) is 96.2 Å². The topological polar surface area (TPSA) is 114 Å². The first-order chi connectivity index (χ1) is 20.2. The van der Waals surface area contributed by atoms with Gasteiger partial charge in [-0.1, -0.05) is 48.5 Å². The summed E-state index contributed by atoms with van der Waals surface area (Å²) in [5.41, 5.74) is 4.15. The maximum atomic E-state index is 14.0. The SMILES string of the molecule is COC(=O)C[C@H](O)C[C@H](O)CCc1c(-c2ccc(F)cc2)c(-c2ccccc2)c(C(=O)Nc2ccccn2)n1C(C)C. The van der Waals surface area contributed by atoms with Crippen LogP contribution in [0.4, 0.5) is 10.2 Å². The number of halogens is 1. The van der Waals surface area contributed by atoms with Crippen LogP contribution in [-0.2, 0) is 16.0 Å². The molecule has 0 bridgehead atoms. The molecule has 2 aromatic carbocycles. The van der Waals surface area contributed by atoms with Crippen molar-refractivity contribution >= 4 is 17.7 Å². The van der Waals surface area contributed by atoms with Crippen LogP contribution in [0.1, 0.15) is 55.3 Å². The third-order valence-corrected chi connectivity index (χ3v) is 7.03. The fourth-order valence-corrected chi connectivity index (χ4v) is 5.20. The van der Waals surface area contributed by atoms with Crippen LogP contribution in [0.25, 0.3) is 22.3 Å². The van der Waals surface area contributed by atoms with E-state index in [0.29, 0.717) is 23.5 Å². The molecule has 2 atom stereocenters. The number of ether oxygens (including phenoxy) is 1. The lowest BCUT2D eigenvalue weighted by molar-refractivity contribution is -0.143. The van der Waals surface area contributed by atoms with E-state index >= 15 is 0 Å². The number of aromatic nitrogens is 2. The lowest BCUT2D eigenvalue weighted by Crippen LogP contribution is -2.23. The van der Waals surface area contributed by atoms with Crippen LogP contribution in [-0.4, -0.2) is 51.0 Å².